The largest absolute Gasteiger partial charge is 0.393 e. The fraction of sp³-hybridized carbons (Fsp3) is 0.400. The quantitative estimate of drug-likeness (QED) is 0.760. The molecule has 3 nitrogen and oxygen atoms in total. The maximum atomic E-state index is 12.5. The highest BCUT2D eigenvalue weighted by Crippen LogP contribution is 2.24. The van der Waals surface area contributed by atoms with Crippen LogP contribution in [0, 0.1) is 0 Å². The molecule has 0 bridgehead atoms. The van der Waals surface area contributed by atoms with Gasteiger partial charge in [-0.1, -0.05) is 18.2 Å². The van der Waals surface area contributed by atoms with Gasteiger partial charge in [0.15, 0.2) is 0 Å². The SMILES string of the molecule is CCOCCn1ccnc1-c1cccc(CC(F)(F)F)c1. The first-order valence-electron chi connectivity index (χ1n) is 6.74. The molecule has 2 rings (SSSR count). The standard InChI is InChI=1S/C15H17F3N2O/c1-2-21-9-8-20-7-6-19-14(20)13-5-3-4-12(10-13)11-15(16,17)18/h3-7,10H,2,8-9,11H2,1H3. The van der Waals surface area contributed by atoms with E-state index in [0.717, 1.165) is 0 Å². The number of ether oxygens (including phenoxy) is 1. The topological polar surface area (TPSA) is 27.1 Å². The van der Waals surface area contributed by atoms with Crippen LogP contribution in [0.1, 0.15) is 12.5 Å². The van der Waals surface area contributed by atoms with Crippen molar-refractivity contribution in [2.24, 2.45) is 0 Å². The molecule has 6 heteroatoms. The van der Waals surface area contributed by atoms with Gasteiger partial charge in [0.1, 0.15) is 5.82 Å². The molecule has 0 aliphatic carbocycles. The summed E-state index contributed by atoms with van der Waals surface area (Å²) in [5, 5.41) is 0. The van der Waals surface area contributed by atoms with Gasteiger partial charge in [0.2, 0.25) is 0 Å². The minimum Gasteiger partial charge on any atom is -0.380 e. The predicted molar refractivity (Wildman–Crippen MR) is 73.9 cm³/mol. The summed E-state index contributed by atoms with van der Waals surface area (Å²) in [4.78, 5) is 4.23. The molecule has 114 valence electrons. The van der Waals surface area contributed by atoms with E-state index in [-0.39, 0.29) is 5.56 Å². The summed E-state index contributed by atoms with van der Waals surface area (Å²) < 4.78 is 44.6. The van der Waals surface area contributed by atoms with Gasteiger partial charge in [-0.05, 0) is 18.6 Å². The third kappa shape index (κ3) is 4.60. The fourth-order valence-corrected chi connectivity index (χ4v) is 2.11. The molecule has 0 unspecified atom stereocenters. The molecule has 1 aromatic heterocycles. The molecule has 21 heavy (non-hydrogen) atoms. The fourth-order valence-electron chi connectivity index (χ4n) is 2.11. The monoisotopic (exact) mass is 298 g/mol. The first kappa shape index (κ1) is 15.6. The molecule has 0 saturated heterocycles. The van der Waals surface area contributed by atoms with Crippen molar-refractivity contribution in [1.29, 1.82) is 0 Å². The van der Waals surface area contributed by atoms with Gasteiger partial charge in [0.25, 0.3) is 0 Å². The average molecular weight is 298 g/mol. The van der Waals surface area contributed by atoms with E-state index in [0.29, 0.717) is 31.1 Å². The molecule has 2 aromatic rings. The lowest BCUT2D eigenvalue weighted by Crippen LogP contribution is -2.11. The predicted octanol–water partition coefficient (Wildman–Crippen LogP) is 3.69. The number of rotatable bonds is 6. The second kappa shape index (κ2) is 6.76. The highest BCUT2D eigenvalue weighted by Gasteiger charge is 2.27. The molecule has 0 saturated carbocycles. The lowest BCUT2D eigenvalue weighted by Gasteiger charge is -2.10. The molecule has 0 spiro atoms. The van der Waals surface area contributed by atoms with E-state index in [2.05, 4.69) is 4.98 Å². The van der Waals surface area contributed by atoms with Crippen molar-refractivity contribution < 1.29 is 17.9 Å². The average Bonchev–Trinajstić information content (AvgIpc) is 2.86. The van der Waals surface area contributed by atoms with Crippen molar-refractivity contribution in [3.8, 4) is 11.4 Å². The Bertz CT molecular complexity index is 578. The van der Waals surface area contributed by atoms with Crippen LogP contribution >= 0.6 is 0 Å². The highest BCUT2D eigenvalue weighted by molar-refractivity contribution is 5.56. The van der Waals surface area contributed by atoms with Crippen LogP contribution in [0.15, 0.2) is 36.7 Å². The Morgan fingerprint density at radius 3 is 2.81 bits per heavy atom. The van der Waals surface area contributed by atoms with E-state index in [4.69, 9.17) is 4.74 Å². The van der Waals surface area contributed by atoms with Gasteiger partial charge < -0.3 is 9.30 Å². The van der Waals surface area contributed by atoms with Gasteiger partial charge >= 0.3 is 6.18 Å². The van der Waals surface area contributed by atoms with Gasteiger partial charge in [-0.15, -0.1) is 0 Å². The van der Waals surface area contributed by atoms with Crippen molar-refractivity contribution in [3.63, 3.8) is 0 Å². The van der Waals surface area contributed by atoms with Crippen LogP contribution in [-0.2, 0) is 17.7 Å². The molecule has 0 fully saturated rings. The van der Waals surface area contributed by atoms with E-state index in [1.807, 2.05) is 11.5 Å². The second-order valence-electron chi connectivity index (χ2n) is 4.63. The smallest absolute Gasteiger partial charge is 0.380 e. The van der Waals surface area contributed by atoms with Crippen molar-refractivity contribution in [2.45, 2.75) is 26.1 Å². The lowest BCUT2D eigenvalue weighted by atomic mass is 10.1. The normalized spacial score (nSPS) is 11.8. The molecule has 1 aromatic carbocycles. The number of alkyl halides is 3. The van der Waals surface area contributed by atoms with E-state index >= 15 is 0 Å². The van der Waals surface area contributed by atoms with Gasteiger partial charge in [-0.25, -0.2) is 4.98 Å². The van der Waals surface area contributed by atoms with Crippen molar-refractivity contribution in [1.82, 2.24) is 9.55 Å². The molecular formula is C15H17F3N2O. The molecule has 0 radical (unpaired) electrons. The second-order valence-corrected chi connectivity index (χ2v) is 4.63. The Hall–Kier alpha value is -1.82. The van der Waals surface area contributed by atoms with E-state index in [1.54, 1.807) is 24.5 Å². The Labute approximate surface area is 121 Å². The number of imidazole rings is 1. The maximum absolute atomic E-state index is 12.5. The Balaban J connectivity index is 2.18. The Morgan fingerprint density at radius 2 is 2.10 bits per heavy atom. The summed E-state index contributed by atoms with van der Waals surface area (Å²) in [5.41, 5.74) is 0.914. The zero-order valence-electron chi connectivity index (χ0n) is 11.7. The van der Waals surface area contributed by atoms with Crippen molar-refractivity contribution in [3.05, 3.63) is 42.2 Å². The van der Waals surface area contributed by atoms with Crippen LogP contribution in [-0.4, -0.2) is 28.9 Å². The van der Waals surface area contributed by atoms with Gasteiger partial charge in [0.05, 0.1) is 13.0 Å². The maximum Gasteiger partial charge on any atom is 0.393 e. The summed E-state index contributed by atoms with van der Waals surface area (Å²) in [6, 6.07) is 6.40. The summed E-state index contributed by atoms with van der Waals surface area (Å²) >= 11 is 0. The van der Waals surface area contributed by atoms with Crippen LogP contribution in [0.4, 0.5) is 13.2 Å². The lowest BCUT2D eigenvalue weighted by molar-refractivity contribution is -0.127. The molecule has 0 amide bonds. The van der Waals surface area contributed by atoms with Crippen molar-refractivity contribution in [2.75, 3.05) is 13.2 Å². The van der Waals surface area contributed by atoms with Crippen LogP contribution in [0.3, 0.4) is 0 Å². The van der Waals surface area contributed by atoms with E-state index in [9.17, 15) is 13.2 Å². The molecule has 0 atom stereocenters. The van der Waals surface area contributed by atoms with Crippen molar-refractivity contribution >= 4 is 0 Å². The molecule has 0 N–H and O–H groups in total. The number of benzene rings is 1. The van der Waals surface area contributed by atoms with Crippen LogP contribution in [0.2, 0.25) is 0 Å². The third-order valence-corrected chi connectivity index (χ3v) is 2.99. The number of hydrogen-bond acceptors (Lipinski definition) is 2. The summed E-state index contributed by atoms with van der Waals surface area (Å²) in [5.74, 6) is 0.652. The van der Waals surface area contributed by atoms with Gasteiger partial charge in [-0.3, -0.25) is 0 Å². The minimum absolute atomic E-state index is 0.236. The summed E-state index contributed by atoms with van der Waals surface area (Å²) in [7, 11) is 0. The third-order valence-electron chi connectivity index (χ3n) is 2.99. The van der Waals surface area contributed by atoms with Crippen LogP contribution < -0.4 is 0 Å². The van der Waals surface area contributed by atoms with E-state index < -0.39 is 12.6 Å². The van der Waals surface area contributed by atoms with Crippen LogP contribution in [0.5, 0.6) is 0 Å². The van der Waals surface area contributed by atoms with Gasteiger partial charge in [0, 0.05) is 31.1 Å². The Morgan fingerprint density at radius 1 is 1.29 bits per heavy atom. The Kier molecular flexibility index (Phi) is 5.01. The molecular weight excluding hydrogens is 281 g/mol. The van der Waals surface area contributed by atoms with Gasteiger partial charge in [-0.2, -0.15) is 13.2 Å². The number of nitrogens with zero attached hydrogens (tertiary/aromatic N) is 2. The number of aromatic nitrogens is 2. The summed E-state index contributed by atoms with van der Waals surface area (Å²) in [6.07, 6.45) is -1.70. The zero-order valence-corrected chi connectivity index (χ0v) is 11.7. The van der Waals surface area contributed by atoms with E-state index in [1.165, 1.54) is 12.1 Å². The first-order valence-corrected chi connectivity index (χ1v) is 6.74. The first-order chi connectivity index (χ1) is 9.99. The zero-order chi connectivity index (χ0) is 15.3. The molecule has 1 heterocycles. The summed E-state index contributed by atoms with van der Waals surface area (Å²) in [6.45, 7) is 3.70. The number of halogens is 3. The van der Waals surface area contributed by atoms with Crippen LogP contribution in [0.25, 0.3) is 11.4 Å². The molecule has 0 aliphatic rings. The number of hydrogen-bond donors (Lipinski definition) is 0. The molecule has 0 aliphatic heterocycles. The minimum atomic E-state index is -4.21. The highest BCUT2D eigenvalue weighted by atomic mass is 19.4.